The van der Waals surface area contributed by atoms with Crippen LogP contribution in [0.1, 0.15) is 42.8 Å². The van der Waals surface area contributed by atoms with E-state index in [0.717, 1.165) is 28.7 Å². The average molecular weight is 614 g/mol. The van der Waals surface area contributed by atoms with Crippen LogP contribution in [0, 0.1) is 0 Å². The Bertz CT molecular complexity index is 1790. The molecule has 0 aliphatic rings. The van der Waals surface area contributed by atoms with E-state index in [4.69, 9.17) is 9.15 Å². The molecule has 216 valence electrons. The van der Waals surface area contributed by atoms with Crippen molar-refractivity contribution in [3.63, 3.8) is 0 Å². The topological polar surface area (TPSA) is 200 Å². The van der Waals surface area contributed by atoms with Crippen molar-refractivity contribution in [2.75, 3.05) is 13.4 Å². The van der Waals surface area contributed by atoms with E-state index in [9.17, 15) is 26.7 Å². The van der Waals surface area contributed by atoms with Gasteiger partial charge in [0.05, 0.1) is 35.6 Å². The van der Waals surface area contributed by atoms with E-state index in [1.165, 1.54) is 27.9 Å². The second kappa shape index (κ2) is 10.4. The molecular formula is C22H27N7O8S3. The van der Waals surface area contributed by atoms with Gasteiger partial charge in [0.15, 0.2) is 15.1 Å². The molecule has 1 aromatic carbocycles. The molecule has 15 nitrogen and oxygen atoms in total. The second-order valence-corrected chi connectivity index (χ2v) is 14.6. The standard InChI is InChI=1S/C22H27N7O8S3/c1-22(2,3)29(21(30)31)40(34,35)24-10-17-26-27-19(37-17)18(39(6,32)33)20-25-14-8-15(36-5)13(7-16(14)38-20)12-9-23-28(4)11-12/h7-9,11,18,24H,10H2,1-6H3,(H,30,31). The molecule has 0 aliphatic heterocycles. The summed E-state index contributed by atoms with van der Waals surface area (Å²) in [5, 5.41) is 19.9. The highest BCUT2D eigenvalue weighted by atomic mass is 32.2. The van der Waals surface area contributed by atoms with Crippen LogP contribution in [-0.2, 0) is 33.6 Å². The normalized spacial score (nSPS) is 13.4. The molecule has 4 rings (SSSR count). The van der Waals surface area contributed by atoms with Crippen LogP contribution in [0.5, 0.6) is 5.75 Å². The molecule has 0 saturated carbocycles. The zero-order valence-corrected chi connectivity index (χ0v) is 24.8. The van der Waals surface area contributed by atoms with Crippen LogP contribution < -0.4 is 9.46 Å². The van der Waals surface area contributed by atoms with E-state index in [2.05, 4.69) is 25.0 Å². The number of benzene rings is 1. The van der Waals surface area contributed by atoms with Crippen molar-refractivity contribution in [3.8, 4) is 16.9 Å². The van der Waals surface area contributed by atoms with E-state index in [0.29, 0.717) is 16.0 Å². The van der Waals surface area contributed by atoms with E-state index in [1.807, 2.05) is 12.3 Å². The van der Waals surface area contributed by atoms with Gasteiger partial charge in [-0.15, -0.1) is 21.5 Å². The minimum Gasteiger partial charge on any atom is -0.496 e. The van der Waals surface area contributed by atoms with Crippen LogP contribution in [0.4, 0.5) is 4.79 Å². The zero-order valence-electron chi connectivity index (χ0n) is 22.3. The summed E-state index contributed by atoms with van der Waals surface area (Å²) in [6, 6.07) is 3.51. The number of ether oxygens (including phenoxy) is 1. The van der Waals surface area contributed by atoms with Gasteiger partial charge in [-0.2, -0.15) is 22.5 Å². The molecule has 3 aromatic heterocycles. The molecule has 0 aliphatic carbocycles. The third kappa shape index (κ3) is 5.93. The molecule has 18 heteroatoms. The fourth-order valence-corrected chi connectivity index (χ4v) is 7.80. The largest absolute Gasteiger partial charge is 0.496 e. The predicted octanol–water partition coefficient (Wildman–Crippen LogP) is 2.34. The summed E-state index contributed by atoms with van der Waals surface area (Å²) >= 11 is 1.11. The van der Waals surface area contributed by atoms with Gasteiger partial charge in [0.25, 0.3) is 0 Å². The maximum Gasteiger partial charge on any atom is 0.422 e. The average Bonchev–Trinajstić information content (AvgIpc) is 3.54. The van der Waals surface area contributed by atoms with E-state index in [1.54, 1.807) is 24.0 Å². The number of aromatic nitrogens is 5. The van der Waals surface area contributed by atoms with Crippen molar-refractivity contribution < 1.29 is 35.9 Å². The number of thiazole rings is 1. The van der Waals surface area contributed by atoms with Crippen LogP contribution in [0.25, 0.3) is 21.3 Å². The van der Waals surface area contributed by atoms with Crippen LogP contribution >= 0.6 is 11.3 Å². The summed E-state index contributed by atoms with van der Waals surface area (Å²) in [5.41, 5.74) is 0.757. The molecule has 0 saturated heterocycles. The summed E-state index contributed by atoms with van der Waals surface area (Å²) in [6.45, 7) is 3.66. The molecule has 4 aromatic rings. The summed E-state index contributed by atoms with van der Waals surface area (Å²) in [4.78, 5) is 16.0. The first-order valence-electron chi connectivity index (χ1n) is 11.5. The Morgan fingerprint density at radius 2 is 1.95 bits per heavy atom. The Labute approximate surface area is 233 Å². The molecule has 2 N–H and O–H groups in total. The highest BCUT2D eigenvalue weighted by molar-refractivity contribution is 7.91. The third-order valence-corrected chi connectivity index (χ3v) is 9.74. The van der Waals surface area contributed by atoms with Gasteiger partial charge in [-0.3, -0.25) is 4.68 Å². The monoisotopic (exact) mass is 613 g/mol. The van der Waals surface area contributed by atoms with Gasteiger partial charge in [-0.05, 0) is 26.8 Å². The number of carbonyl (C=O) groups is 1. The number of nitrogens with zero attached hydrogens (tertiary/aromatic N) is 6. The first-order chi connectivity index (χ1) is 18.5. The lowest BCUT2D eigenvalue weighted by atomic mass is 10.1. The third-order valence-electron chi connectivity index (χ3n) is 5.53. The van der Waals surface area contributed by atoms with Crippen molar-refractivity contribution in [2.45, 2.75) is 38.1 Å². The maximum absolute atomic E-state index is 12.8. The first-order valence-corrected chi connectivity index (χ1v) is 15.7. The predicted molar refractivity (Wildman–Crippen MR) is 145 cm³/mol. The number of nitrogens with one attached hydrogen (secondary N) is 1. The summed E-state index contributed by atoms with van der Waals surface area (Å²) in [6.07, 6.45) is 2.81. The lowest BCUT2D eigenvalue weighted by molar-refractivity contribution is 0.145. The molecule has 40 heavy (non-hydrogen) atoms. The number of methoxy groups -OCH3 is 1. The summed E-state index contributed by atoms with van der Waals surface area (Å²) in [7, 11) is -5.10. The van der Waals surface area contributed by atoms with Gasteiger partial charge >= 0.3 is 16.3 Å². The quantitative estimate of drug-likeness (QED) is 0.280. The number of fused-ring (bicyclic) bond motifs is 1. The molecule has 3 heterocycles. The van der Waals surface area contributed by atoms with Crippen molar-refractivity contribution in [1.29, 1.82) is 0 Å². The number of amides is 1. The summed E-state index contributed by atoms with van der Waals surface area (Å²) in [5.74, 6) is -0.0690. The Balaban J connectivity index is 1.67. The van der Waals surface area contributed by atoms with E-state index in [-0.39, 0.29) is 21.1 Å². The van der Waals surface area contributed by atoms with E-state index >= 15 is 0 Å². The minimum atomic E-state index is -4.51. The Hall–Kier alpha value is -3.61. The van der Waals surface area contributed by atoms with Crippen molar-refractivity contribution in [3.05, 3.63) is 41.3 Å². The SMILES string of the molecule is COc1cc2nc(C(c3nnc(CNS(=O)(=O)N(C(=O)O)C(C)(C)C)o3)S(C)(=O)=O)sc2cc1-c1cnn(C)c1. The Kier molecular flexibility index (Phi) is 7.65. The molecule has 1 unspecified atom stereocenters. The van der Waals surface area contributed by atoms with Crippen LogP contribution in [0.3, 0.4) is 0 Å². The first kappa shape index (κ1) is 29.4. The molecule has 0 spiro atoms. The highest BCUT2D eigenvalue weighted by Gasteiger charge is 2.38. The number of hydrogen-bond donors (Lipinski definition) is 2. The van der Waals surface area contributed by atoms with Gasteiger partial charge in [0.1, 0.15) is 10.8 Å². The van der Waals surface area contributed by atoms with Gasteiger partial charge in [-0.25, -0.2) is 18.2 Å². The van der Waals surface area contributed by atoms with Gasteiger partial charge in [-0.1, -0.05) is 0 Å². The lowest BCUT2D eigenvalue weighted by Crippen LogP contribution is -2.53. The zero-order chi connectivity index (χ0) is 29.6. The van der Waals surface area contributed by atoms with Gasteiger partial charge < -0.3 is 14.3 Å². The van der Waals surface area contributed by atoms with Crippen LogP contribution in [-0.4, -0.2) is 76.2 Å². The fourth-order valence-electron chi connectivity index (χ4n) is 3.92. The molecule has 0 fully saturated rings. The smallest absolute Gasteiger partial charge is 0.422 e. The Morgan fingerprint density at radius 3 is 2.50 bits per heavy atom. The van der Waals surface area contributed by atoms with Crippen LogP contribution in [0.2, 0.25) is 0 Å². The van der Waals surface area contributed by atoms with Crippen molar-refractivity contribution >= 4 is 47.7 Å². The van der Waals surface area contributed by atoms with Gasteiger partial charge in [0.2, 0.25) is 11.8 Å². The fraction of sp³-hybridized carbons (Fsp3) is 0.409. The molecular weight excluding hydrogens is 586 g/mol. The highest BCUT2D eigenvalue weighted by Crippen LogP contribution is 2.39. The molecule has 0 bridgehead atoms. The molecule has 1 amide bonds. The van der Waals surface area contributed by atoms with Crippen molar-refractivity contribution in [1.82, 2.24) is 34.0 Å². The molecule has 1 atom stereocenters. The lowest BCUT2D eigenvalue weighted by Gasteiger charge is -2.31. The molecule has 0 radical (unpaired) electrons. The number of aryl methyl sites for hydroxylation is 1. The van der Waals surface area contributed by atoms with Crippen LogP contribution in [0.15, 0.2) is 28.9 Å². The van der Waals surface area contributed by atoms with Gasteiger partial charge in [0, 0.05) is 36.7 Å². The number of carboxylic acid groups (broad SMARTS) is 1. The summed E-state index contributed by atoms with van der Waals surface area (Å²) < 4.78 is 66.6. The number of sulfone groups is 1. The second-order valence-electron chi connectivity index (χ2n) is 9.76. The Morgan fingerprint density at radius 1 is 1.25 bits per heavy atom. The minimum absolute atomic E-state index is 0.156. The van der Waals surface area contributed by atoms with Crippen molar-refractivity contribution in [2.24, 2.45) is 7.05 Å². The number of rotatable bonds is 9. The maximum atomic E-state index is 12.8. The van der Waals surface area contributed by atoms with E-state index < -0.39 is 43.5 Å². The number of hydrogen-bond acceptors (Lipinski definition) is 12.